The molecule has 0 heterocycles. The van der Waals surface area contributed by atoms with Gasteiger partial charge in [0.25, 0.3) is 5.91 Å². The molecule has 0 unspecified atom stereocenters. The molecule has 0 aliphatic carbocycles. The van der Waals surface area contributed by atoms with Crippen LogP contribution in [0.1, 0.15) is 20.7 Å². The number of carbonyl (C=O) groups excluding carboxylic acids is 1. The number of aromatic carboxylic acids is 1. The highest BCUT2D eigenvalue weighted by Gasteiger charge is 2.14. The first-order chi connectivity index (χ1) is 9.88. The highest BCUT2D eigenvalue weighted by atomic mass is 35.5. The van der Waals surface area contributed by atoms with Crippen molar-refractivity contribution in [2.75, 3.05) is 5.32 Å². The summed E-state index contributed by atoms with van der Waals surface area (Å²) in [5.74, 6) is -1.87. The summed E-state index contributed by atoms with van der Waals surface area (Å²) in [5, 5.41) is 21.1. The zero-order valence-corrected chi connectivity index (χ0v) is 11.9. The number of phenols is 1. The molecule has 0 aliphatic heterocycles. The number of hydrogen-bond acceptors (Lipinski definition) is 3. The van der Waals surface area contributed by atoms with Gasteiger partial charge in [0.15, 0.2) is 0 Å². The van der Waals surface area contributed by atoms with Crippen molar-refractivity contribution in [3.8, 4) is 5.75 Å². The van der Waals surface area contributed by atoms with Gasteiger partial charge in [0.2, 0.25) is 0 Å². The number of phenolic OH excluding ortho intramolecular Hbond substituents is 1. The summed E-state index contributed by atoms with van der Waals surface area (Å²) in [4.78, 5) is 23.0. The van der Waals surface area contributed by atoms with E-state index >= 15 is 0 Å². The van der Waals surface area contributed by atoms with E-state index in [2.05, 4.69) is 5.32 Å². The summed E-state index contributed by atoms with van der Waals surface area (Å²) >= 11 is 11.8. The average Bonchev–Trinajstić information content (AvgIpc) is 2.43. The molecule has 0 radical (unpaired) electrons. The molecule has 0 aromatic heterocycles. The van der Waals surface area contributed by atoms with Crippen LogP contribution in [0, 0.1) is 0 Å². The van der Waals surface area contributed by atoms with Crippen LogP contribution in [0.4, 0.5) is 5.69 Å². The van der Waals surface area contributed by atoms with Crippen LogP contribution in [0.25, 0.3) is 0 Å². The van der Waals surface area contributed by atoms with Crippen LogP contribution >= 0.6 is 23.2 Å². The van der Waals surface area contributed by atoms with E-state index in [0.717, 1.165) is 0 Å². The zero-order chi connectivity index (χ0) is 15.6. The van der Waals surface area contributed by atoms with E-state index < -0.39 is 11.9 Å². The fraction of sp³-hybridized carbons (Fsp3) is 0. The smallest absolute Gasteiger partial charge is 0.335 e. The lowest BCUT2D eigenvalue weighted by Gasteiger charge is -2.09. The van der Waals surface area contributed by atoms with Crippen LogP contribution in [-0.4, -0.2) is 22.1 Å². The Balaban J connectivity index is 2.33. The minimum absolute atomic E-state index is 0.0169. The molecule has 7 heteroatoms. The van der Waals surface area contributed by atoms with Crippen molar-refractivity contribution in [3.63, 3.8) is 0 Å². The Morgan fingerprint density at radius 2 is 1.67 bits per heavy atom. The fourth-order valence-electron chi connectivity index (χ4n) is 1.63. The summed E-state index contributed by atoms with van der Waals surface area (Å²) in [6.07, 6.45) is 0. The van der Waals surface area contributed by atoms with E-state index in [0.29, 0.717) is 0 Å². The lowest BCUT2D eigenvalue weighted by molar-refractivity contribution is 0.0696. The molecule has 0 saturated carbocycles. The van der Waals surface area contributed by atoms with Crippen LogP contribution in [0.3, 0.4) is 0 Å². The predicted molar refractivity (Wildman–Crippen MR) is 79.5 cm³/mol. The van der Waals surface area contributed by atoms with Gasteiger partial charge in [-0.1, -0.05) is 23.2 Å². The number of hydrogen-bond donors (Lipinski definition) is 3. The van der Waals surface area contributed by atoms with E-state index in [9.17, 15) is 14.7 Å². The number of halogens is 2. The molecule has 5 nitrogen and oxygen atoms in total. The average molecular weight is 326 g/mol. The topological polar surface area (TPSA) is 86.6 Å². The largest absolute Gasteiger partial charge is 0.508 e. The molecule has 0 aliphatic rings. The fourth-order valence-corrected chi connectivity index (χ4v) is 2.00. The van der Waals surface area contributed by atoms with Gasteiger partial charge >= 0.3 is 5.97 Å². The van der Waals surface area contributed by atoms with Crippen LogP contribution in [0.2, 0.25) is 10.0 Å². The third kappa shape index (κ3) is 3.45. The summed E-state index contributed by atoms with van der Waals surface area (Å²) in [6, 6.07) is 7.84. The molecule has 108 valence electrons. The lowest BCUT2D eigenvalue weighted by Crippen LogP contribution is -2.13. The van der Waals surface area contributed by atoms with Crippen LogP contribution in [-0.2, 0) is 0 Å². The number of carboxylic acid groups (broad SMARTS) is 1. The first-order valence-corrected chi connectivity index (χ1v) is 6.47. The van der Waals surface area contributed by atoms with E-state index in [-0.39, 0.29) is 32.6 Å². The van der Waals surface area contributed by atoms with Gasteiger partial charge < -0.3 is 15.5 Å². The van der Waals surface area contributed by atoms with Crippen molar-refractivity contribution in [3.05, 3.63) is 57.6 Å². The number of amides is 1. The molecule has 0 spiro atoms. The molecule has 0 fully saturated rings. The molecule has 0 saturated heterocycles. The van der Waals surface area contributed by atoms with Crippen molar-refractivity contribution in [2.45, 2.75) is 0 Å². The monoisotopic (exact) mass is 325 g/mol. The number of anilines is 1. The molecule has 21 heavy (non-hydrogen) atoms. The molecule has 2 aromatic carbocycles. The van der Waals surface area contributed by atoms with Crippen molar-refractivity contribution in [1.82, 2.24) is 0 Å². The zero-order valence-electron chi connectivity index (χ0n) is 10.4. The standard InChI is InChI=1S/C14H9Cl2NO4/c15-10-4-2-8(18)6-9(10)13(19)17-12-5-7(14(20)21)1-3-11(12)16/h1-6,18H,(H,17,19)(H,20,21). The van der Waals surface area contributed by atoms with Gasteiger partial charge in [-0.2, -0.15) is 0 Å². The Hall–Kier alpha value is -2.24. The Morgan fingerprint density at radius 1 is 1.00 bits per heavy atom. The maximum atomic E-state index is 12.1. The van der Waals surface area contributed by atoms with Gasteiger partial charge in [-0.25, -0.2) is 4.79 Å². The van der Waals surface area contributed by atoms with Gasteiger partial charge in [-0.15, -0.1) is 0 Å². The number of aromatic hydroxyl groups is 1. The summed E-state index contributed by atoms with van der Waals surface area (Å²) in [6.45, 7) is 0. The maximum absolute atomic E-state index is 12.1. The highest BCUT2D eigenvalue weighted by Crippen LogP contribution is 2.26. The van der Waals surface area contributed by atoms with Crippen LogP contribution in [0.15, 0.2) is 36.4 Å². The van der Waals surface area contributed by atoms with Crippen molar-refractivity contribution >= 4 is 40.8 Å². The van der Waals surface area contributed by atoms with E-state index in [4.69, 9.17) is 28.3 Å². The molecular weight excluding hydrogens is 317 g/mol. The van der Waals surface area contributed by atoms with Gasteiger partial charge in [0.05, 0.1) is 26.9 Å². The number of carboxylic acids is 1. The Labute approximate surface area is 129 Å². The maximum Gasteiger partial charge on any atom is 0.335 e. The van der Waals surface area contributed by atoms with Gasteiger partial charge in [-0.3, -0.25) is 4.79 Å². The highest BCUT2D eigenvalue weighted by molar-refractivity contribution is 6.36. The lowest BCUT2D eigenvalue weighted by atomic mass is 10.1. The van der Waals surface area contributed by atoms with Crippen molar-refractivity contribution in [1.29, 1.82) is 0 Å². The van der Waals surface area contributed by atoms with Gasteiger partial charge in [0.1, 0.15) is 5.75 Å². The quantitative estimate of drug-likeness (QED) is 0.803. The second-order valence-electron chi connectivity index (χ2n) is 4.12. The first-order valence-electron chi connectivity index (χ1n) is 5.71. The Kier molecular flexibility index (Phi) is 4.35. The van der Waals surface area contributed by atoms with E-state index in [1.54, 1.807) is 0 Å². The van der Waals surface area contributed by atoms with E-state index in [1.807, 2.05) is 0 Å². The third-order valence-electron chi connectivity index (χ3n) is 2.66. The predicted octanol–water partition coefficient (Wildman–Crippen LogP) is 3.65. The molecule has 0 atom stereocenters. The summed E-state index contributed by atoms with van der Waals surface area (Å²) in [7, 11) is 0. The third-order valence-corrected chi connectivity index (χ3v) is 3.32. The normalized spacial score (nSPS) is 10.2. The van der Waals surface area contributed by atoms with Gasteiger partial charge in [0, 0.05) is 0 Å². The molecular formula is C14H9Cl2NO4. The molecule has 0 bridgehead atoms. The molecule has 2 rings (SSSR count). The van der Waals surface area contributed by atoms with Crippen LogP contribution < -0.4 is 5.32 Å². The second kappa shape index (κ2) is 6.03. The van der Waals surface area contributed by atoms with Crippen LogP contribution in [0.5, 0.6) is 5.75 Å². The van der Waals surface area contributed by atoms with Crippen molar-refractivity contribution < 1.29 is 19.8 Å². The Bertz CT molecular complexity index is 731. The SMILES string of the molecule is O=C(O)c1ccc(Cl)c(NC(=O)c2cc(O)ccc2Cl)c1. The number of nitrogens with one attached hydrogen (secondary N) is 1. The Morgan fingerprint density at radius 3 is 2.33 bits per heavy atom. The summed E-state index contributed by atoms with van der Waals surface area (Å²) < 4.78 is 0. The number of carbonyl (C=O) groups is 2. The van der Waals surface area contributed by atoms with Gasteiger partial charge in [-0.05, 0) is 36.4 Å². The summed E-state index contributed by atoms with van der Waals surface area (Å²) in [5.41, 5.74) is 0.172. The number of rotatable bonds is 3. The number of benzene rings is 2. The molecule has 2 aromatic rings. The minimum atomic E-state index is -1.14. The van der Waals surface area contributed by atoms with Crippen molar-refractivity contribution in [2.24, 2.45) is 0 Å². The molecule has 3 N–H and O–H groups in total. The van der Waals surface area contributed by atoms with E-state index in [1.165, 1.54) is 36.4 Å². The first kappa shape index (κ1) is 15.2. The second-order valence-corrected chi connectivity index (χ2v) is 4.93. The molecule has 1 amide bonds. The minimum Gasteiger partial charge on any atom is -0.508 e.